The molecular formula is C24H26ClN3O3. The van der Waals surface area contributed by atoms with E-state index in [-0.39, 0.29) is 24.8 Å². The van der Waals surface area contributed by atoms with E-state index in [9.17, 15) is 9.59 Å². The van der Waals surface area contributed by atoms with Crippen LogP contribution >= 0.6 is 11.6 Å². The Kier molecular flexibility index (Phi) is 6.18. The lowest BCUT2D eigenvalue weighted by atomic mass is 10.0. The highest BCUT2D eigenvalue weighted by Crippen LogP contribution is 2.25. The van der Waals surface area contributed by atoms with Gasteiger partial charge in [0.15, 0.2) is 0 Å². The fourth-order valence-electron chi connectivity index (χ4n) is 3.86. The minimum atomic E-state index is -0.186. The third-order valence-corrected chi connectivity index (χ3v) is 6.13. The number of anilines is 1. The lowest BCUT2D eigenvalue weighted by Gasteiger charge is -2.36. The van der Waals surface area contributed by atoms with Crippen molar-refractivity contribution in [2.45, 2.75) is 20.3 Å². The number of hydrogen-bond donors (Lipinski definition) is 1. The summed E-state index contributed by atoms with van der Waals surface area (Å²) in [5.74, 6) is -0.248. The van der Waals surface area contributed by atoms with E-state index in [0.717, 1.165) is 46.4 Å². The maximum atomic E-state index is 12.5. The normalized spacial score (nSPS) is 14.2. The van der Waals surface area contributed by atoms with Crippen LogP contribution in [0, 0.1) is 13.8 Å². The van der Waals surface area contributed by atoms with Gasteiger partial charge in [-0.15, -0.1) is 0 Å². The van der Waals surface area contributed by atoms with Gasteiger partial charge in [0.25, 0.3) is 0 Å². The average Bonchev–Trinajstić information content (AvgIpc) is 3.14. The van der Waals surface area contributed by atoms with Crippen LogP contribution in [0.15, 0.2) is 47.1 Å². The number of benzene rings is 2. The van der Waals surface area contributed by atoms with Gasteiger partial charge in [-0.2, -0.15) is 0 Å². The number of halogens is 1. The summed E-state index contributed by atoms with van der Waals surface area (Å²) in [5.41, 5.74) is 5.02. The number of rotatable bonds is 5. The quantitative estimate of drug-likeness (QED) is 0.658. The van der Waals surface area contributed by atoms with E-state index in [4.69, 9.17) is 16.0 Å². The van der Waals surface area contributed by atoms with Crippen molar-refractivity contribution in [2.24, 2.45) is 0 Å². The maximum absolute atomic E-state index is 12.5. The minimum Gasteiger partial charge on any atom is -0.464 e. The summed E-state index contributed by atoms with van der Waals surface area (Å²) in [6.45, 7) is 6.84. The number of furan rings is 1. The zero-order valence-electron chi connectivity index (χ0n) is 17.8. The molecule has 3 aromatic rings. The number of aryl methyl sites for hydroxylation is 2. The number of piperazine rings is 1. The summed E-state index contributed by atoms with van der Waals surface area (Å²) in [5, 5.41) is 4.42. The Morgan fingerprint density at radius 2 is 1.71 bits per heavy atom. The Hall–Kier alpha value is -2.99. The van der Waals surface area contributed by atoms with Crippen molar-refractivity contribution >= 4 is 40.1 Å². The predicted molar refractivity (Wildman–Crippen MR) is 123 cm³/mol. The maximum Gasteiger partial charge on any atom is 0.242 e. The number of nitrogens with zero attached hydrogens (tertiary/aromatic N) is 2. The van der Waals surface area contributed by atoms with Gasteiger partial charge in [-0.05, 0) is 61.4 Å². The van der Waals surface area contributed by atoms with Crippen LogP contribution in [0.25, 0.3) is 11.0 Å². The standard InChI is InChI=1S/C24H26ClN3O3/c1-16-11-21-18(15-31-22(21)12-17(16)2)13-23(29)26-14-24(30)28-9-7-27(8-10-28)20-5-3-19(25)4-6-20/h3-6,11-12,15H,7-10,13-14H2,1-2H3,(H,26,29). The molecule has 1 aliphatic heterocycles. The Balaban J connectivity index is 1.27. The van der Waals surface area contributed by atoms with E-state index in [1.54, 1.807) is 11.2 Å². The van der Waals surface area contributed by atoms with Crippen molar-refractivity contribution in [3.05, 3.63) is 64.4 Å². The minimum absolute atomic E-state index is 0.00764. The molecule has 1 aromatic heterocycles. The SMILES string of the molecule is Cc1cc2occ(CC(=O)NCC(=O)N3CCN(c4ccc(Cl)cc4)CC3)c2cc1C. The lowest BCUT2D eigenvalue weighted by molar-refractivity contribution is -0.133. The molecule has 0 atom stereocenters. The van der Waals surface area contributed by atoms with E-state index >= 15 is 0 Å². The monoisotopic (exact) mass is 439 g/mol. The number of fused-ring (bicyclic) bond motifs is 1. The first kappa shape index (κ1) is 21.2. The van der Waals surface area contributed by atoms with Crippen LogP contribution < -0.4 is 10.2 Å². The van der Waals surface area contributed by atoms with Crippen LogP contribution in [0.2, 0.25) is 5.02 Å². The zero-order chi connectivity index (χ0) is 22.0. The van der Waals surface area contributed by atoms with E-state index < -0.39 is 0 Å². The van der Waals surface area contributed by atoms with E-state index in [1.165, 1.54) is 0 Å². The first-order valence-electron chi connectivity index (χ1n) is 10.4. The molecule has 0 unspecified atom stereocenters. The molecule has 162 valence electrons. The first-order chi connectivity index (χ1) is 14.9. The van der Waals surface area contributed by atoms with Crippen molar-refractivity contribution in [2.75, 3.05) is 37.6 Å². The Bertz CT molecular complexity index is 1100. The summed E-state index contributed by atoms with van der Waals surface area (Å²) in [4.78, 5) is 29.0. The van der Waals surface area contributed by atoms with Crippen LogP contribution in [0.3, 0.4) is 0 Å². The van der Waals surface area contributed by atoms with Gasteiger partial charge in [0.1, 0.15) is 5.58 Å². The molecule has 4 rings (SSSR count). The molecule has 2 amide bonds. The Labute approximate surface area is 186 Å². The van der Waals surface area contributed by atoms with Crippen molar-refractivity contribution in [3.8, 4) is 0 Å². The zero-order valence-corrected chi connectivity index (χ0v) is 18.5. The molecule has 1 fully saturated rings. The Morgan fingerprint density at radius 3 is 2.42 bits per heavy atom. The smallest absolute Gasteiger partial charge is 0.242 e. The van der Waals surface area contributed by atoms with Gasteiger partial charge in [-0.25, -0.2) is 0 Å². The molecule has 0 saturated carbocycles. The van der Waals surface area contributed by atoms with Gasteiger partial charge in [-0.3, -0.25) is 9.59 Å². The van der Waals surface area contributed by atoms with Crippen LogP contribution in [0.4, 0.5) is 5.69 Å². The lowest BCUT2D eigenvalue weighted by Crippen LogP contribution is -2.51. The van der Waals surface area contributed by atoms with Crippen molar-refractivity contribution in [1.29, 1.82) is 0 Å². The topological polar surface area (TPSA) is 65.8 Å². The molecule has 7 heteroatoms. The van der Waals surface area contributed by atoms with Gasteiger partial charge in [0.2, 0.25) is 11.8 Å². The van der Waals surface area contributed by atoms with Crippen molar-refractivity contribution in [1.82, 2.24) is 10.2 Å². The van der Waals surface area contributed by atoms with E-state index in [1.807, 2.05) is 50.2 Å². The molecule has 1 aliphatic rings. The molecule has 1 saturated heterocycles. The predicted octanol–water partition coefficient (Wildman–Crippen LogP) is 3.71. The summed E-state index contributed by atoms with van der Waals surface area (Å²) >= 11 is 5.95. The van der Waals surface area contributed by atoms with Crippen LogP contribution in [0.5, 0.6) is 0 Å². The number of amides is 2. The summed E-state index contributed by atoms with van der Waals surface area (Å²) in [6.07, 6.45) is 1.81. The number of hydrogen-bond acceptors (Lipinski definition) is 4. The van der Waals surface area contributed by atoms with E-state index in [2.05, 4.69) is 10.2 Å². The molecular weight excluding hydrogens is 414 g/mol. The summed E-state index contributed by atoms with van der Waals surface area (Å²) < 4.78 is 5.59. The molecule has 0 aliphatic carbocycles. The average molecular weight is 440 g/mol. The van der Waals surface area contributed by atoms with Crippen LogP contribution in [-0.4, -0.2) is 49.4 Å². The number of nitrogens with one attached hydrogen (secondary N) is 1. The third-order valence-electron chi connectivity index (χ3n) is 5.88. The van der Waals surface area contributed by atoms with Crippen LogP contribution in [-0.2, 0) is 16.0 Å². The first-order valence-corrected chi connectivity index (χ1v) is 10.8. The molecule has 31 heavy (non-hydrogen) atoms. The second-order valence-electron chi connectivity index (χ2n) is 7.99. The molecule has 0 radical (unpaired) electrons. The third kappa shape index (κ3) is 4.85. The molecule has 6 nitrogen and oxygen atoms in total. The molecule has 2 aromatic carbocycles. The number of carbonyl (C=O) groups excluding carboxylic acids is 2. The van der Waals surface area contributed by atoms with Crippen molar-refractivity contribution < 1.29 is 14.0 Å². The van der Waals surface area contributed by atoms with Gasteiger partial charge < -0.3 is 19.5 Å². The van der Waals surface area contributed by atoms with E-state index in [0.29, 0.717) is 18.1 Å². The summed E-state index contributed by atoms with van der Waals surface area (Å²) in [6, 6.07) is 11.7. The molecule has 1 N–H and O–H groups in total. The summed E-state index contributed by atoms with van der Waals surface area (Å²) in [7, 11) is 0. The molecule has 0 spiro atoms. The second-order valence-corrected chi connectivity index (χ2v) is 8.43. The van der Waals surface area contributed by atoms with Gasteiger partial charge in [0.05, 0.1) is 19.2 Å². The van der Waals surface area contributed by atoms with Crippen LogP contribution in [0.1, 0.15) is 16.7 Å². The van der Waals surface area contributed by atoms with Gasteiger partial charge >= 0.3 is 0 Å². The fraction of sp³-hybridized carbons (Fsp3) is 0.333. The van der Waals surface area contributed by atoms with Gasteiger partial charge in [-0.1, -0.05) is 11.6 Å². The Morgan fingerprint density at radius 1 is 1.03 bits per heavy atom. The molecule has 0 bridgehead atoms. The highest BCUT2D eigenvalue weighted by atomic mass is 35.5. The highest BCUT2D eigenvalue weighted by molar-refractivity contribution is 6.30. The molecule has 2 heterocycles. The van der Waals surface area contributed by atoms with Gasteiger partial charge in [0, 0.05) is 47.8 Å². The van der Waals surface area contributed by atoms with Crippen molar-refractivity contribution in [3.63, 3.8) is 0 Å². The second kappa shape index (κ2) is 9.02. The number of carbonyl (C=O) groups is 2. The highest BCUT2D eigenvalue weighted by Gasteiger charge is 2.22. The largest absolute Gasteiger partial charge is 0.464 e. The fourth-order valence-corrected chi connectivity index (χ4v) is 3.99.